The molecule has 1 aromatic carbocycles. The van der Waals surface area contributed by atoms with E-state index in [0.717, 1.165) is 29.8 Å². The molecule has 2 atom stereocenters. The number of thioether (sulfide) groups is 1. The van der Waals surface area contributed by atoms with Crippen molar-refractivity contribution in [3.63, 3.8) is 0 Å². The van der Waals surface area contributed by atoms with Gasteiger partial charge in [0.15, 0.2) is 5.17 Å². The van der Waals surface area contributed by atoms with Gasteiger partial charge in [0.1, 0.15) is 5.69 Å². The van der Waals surface area contributed by atoms with E-state index in [4.69, 9.17) is 22.3 Å². The number of nitrogens with two attached hydrogens (primary N) is 1. The van der Waals surface area contributed by atoms with Crippen molar-refractivity contribution in [1.29, 1.82) is 0 Å². The highest BCUT2D eigenvalue weighted by Crippen LogP contribution is 2.59. The average molecular weight is 373 g/mol. The van der Waals surface area contributed by atoms with E-state index in [-0.39, 0.29) is 11.4 Å². The molecule has 2 aromatic rings. The molecule has 1 saturated carbocycles. The number of aromatic nitrogens is 1. The zero-order chi connectivity index (χ0) is 17.4. The van der Waals surface area contributed by atoms with Gasteiger partial charge in [0.25, 0.3) is 5.91 Å². The summed E-state index contributed by atoms with van der Waals surface area (Å²) >= 11 is 7.43. The van der Waals surface area contributed by atoms with Crippen LogP contribution in [0.4, 0.5) is 5.69 Å². The highest BCUT2D eigenvalue weighted by atomic mass is 35.5. The summed E-state index contributed by atoms with van der Waals surface area (Å²) in [7, 11) is 0. The van der Waals surface area contributed by atoms with Crippen molar-refractivity contribution in [1.82, 2.24) is 4.98 Å². The molecule has 128 valence electrons. The first-order chi connectivity index (χ1) is 12.1. The maximum atomic E-state index is 12.3. The molecule has 1 aromatic heterocycles. The van der Waals surface area contributed by atoms with Crippen molar-refractivity contribution >= 4 is 40.1 Å². The molecule has 7 heteroatoms. The molecule has 3 N–H and O–H groups in total. The van der Waals surface area contributed by atoms with E-state index in [9.17, 15) is 4.79 Å². The molecular weight excluding hydrogens is 356 g/mol. The number of anilines is 1. The van der Waals surface area contributed by atoms with Crippen LogP contribution in [-0.2, 0) is 5.54 Å². The molecule has 0 spiro atoms. The number of rotatable bonds is 3. The topological polar surface area (TPSA) is 80.4 Å². The Morgan fingerprint density at radius 3 is 3.04 bits per heavy atom. The molecule has 0 bridgehead atoms. The summed E-state index contributed by atoms with van der Waals surface area (Å²) in [5.74, 6) is 1.28. The van der Waals surface area contributed by atoms with Crippen LogP contribution in [0.25, 0.3) is 0 Å². The van der Waals surface area contributed by atoms with E-state index in [1.54, 1.807) is 23.9 Å². The highest BCUT2D eigenvalue weighted by molar-refractivity contribution is 8.13. The number of hydrogen-bond donors (Lipinski definition) is 2. The Labute approximate surface area is 155 Å². The lowest BCUT2D eigenvalue weighted by Gasteiger charge is -2.14. The monoisotopic (exact) mass is 372 g/mol. The van der Waals surface area contributed by atoms with Gasteiger partial charge in [-0.1, -0.05) is 35.5 Å². The predicted octanol–water partition coefficient (Wildman–Crippen LogP) is 3.65. The number of nitrogens with one attached hydrogen (secondary N) is 1. The largest absolute Gasteiger partial charge is 0.379 e. The smallest absolute Gasteiger partial charge is 0.274 e. The van der Waals surface area contributed by atoms with Gasteiger partial charge < -0.3 is 11.1 Å². The van der Waals surface area contributed by atoms with E-state index >= 15 is 0 Å². The minimum absolute atomic E-state index is 0.215. The van der Waals surface area contributed by atoms with E-state index in [1.165, 1.54) is 6.20 Å². The predicted molar refractivity (Wildman–Crippen MR) is 102 cm³/mol. The van der Waals surface area contributed by atoms with Crippen molar-refractivity contribution in [3.8, 4) is 0 Å². The zero-order valence-corrected chi connectivity index (χ0v) is 15.0. The third-order valence-corrected chi connectivity index (χ3v) is 5.73. The number of hydrogen-bond acceptors (Lipinski definition) is 5. The highest BCUT2D eigenvalue weighted by Gasteiger charge is 2.56. The number of aliphatic imine (C=N–C) groups is 1. The second kappa shape index (κ2) is 6.35. The fourth-order valence-electron chi connectivity index (χ4n) is 3.32. The normalized spacial score (nSPS) is 24.7. The number of halogens is 1. The molecule has 0 saturated heterocycles. The van der Waals surface area contributed by atoms with Crippen molar-refractivity contribution in [2.45, 2.75) is 18.4 Å². The van der Waals surface area contributed by atoms with Gasteiger partial charge in [0.2, 0.25) is 0 Å². The average Bonchev–Trinajstić information content (AvgIpc) is 3.30. The Morgan fingerprint density at radius 1 is 1.36 bits per heavy atom. The van der Waals surface area contributed by atoms with Crippen LogP contribution < -0.4 is 11.1 Å². The lowest BCUT2D eigenvalue weighted by molar-refractivity contribution is 0.102. The molecule has 5 nitrogen and oxygen atoms in total. The maximum absolute atomic E-state index is 12.3. The molecular formula is C18H17ClN4OS. The summed E-state index contributed by atoms with van der Waals surface area (Å²) in [5, 5.41) is 4.04. The standard InChI is InChI=1S/C18H17ClN4OS/c19-13-4-5-15(21-10-13)16(24)22-14-3-1-2-11(8-14)18-9-12(18)6-7-25-17(20)23-18/h1-5,8,10,12H,6-7,9H2,(H2,20,23)(H,22,24). The van der Waals surface area contributed by atoms with Crippen molar-refractivity contribution in [2.75, 3.05) is 11.1 Å². The lowest BCUT2D eigenvalue weighted by atomic mass is 10.0. The van der Waals surface area contributed by atoms with Gasteiger partial charge in [-0.3, -0.25) is 9.79 Å². The van der Waals surface area contributed by atoms with Gasteiger partial charge in [-0.05, 0) is 48.6 Å². The first-order valence-electron chi connectivity index (χ1n) is 8.08. The second-order valence-corrected chi connectivity index (χ2v) is 7.86. The molecule has 1 aliphatic carbocycles. The van der Waals surface area contributed by atoms with Crippen molar-refractivity contribution in [2.24, 2.45) is 16.6 Å². The number of benzene rings is 1. The van der Waals surface area contributed by atoms with E-state index in [0.29, 0.717) is 21.8 Å². The number of fused-ring (bicyclic) bond motifs is 1. The fraction of sp³-hybridized carbons (Fsp3) is 0.278. The maximum Gasteiger partial charge on any atom is 0.274 e. The second-order valence-electron chi connectivity index (χ2n) is 6.31. The molecule has 1 aliphatic heterocycles. The summed E-state index contributed by atoms with van der Waals surface area (Å²) in [6.07, 6.45) is 3.59. The minimum atomic E-state index is -0.266. The number of nitrogens with zero attached hydrogens (tertiary/aromatic N) is 2. The van der Waals surface area contributed by atoms with Gasteiger partial charge in [-0.25, -0.2) is 4.98 Å². The minimum Gasteiger partial charge on any atom is -0.379 e. The van der Waals surface area contributed by atoms with Gasteiger partial charge >= 0.3 is 0 Å². The quantitative estimate of drug-likeness (QED) is 0.861. The molecule has 25 heavy (non-hydrogen) atoms. The number of amides is 1. The lowest BCUT2D eigenvalue weighted by Crippen LogP contribution is -2.15. The number of carbonyl (C=O) groups is 1. The van der Waals surface area contributed by atoms with E-state index in [1.807, 2.05) is 18.2 Å². The summed E-state index contributed by atoms with van der Waals surface area (Å²) < 4.78 is 0. The molecule has 0 radical (unpaired) electrons. The van der Waals surface area contributed by atoms with Crippen LogP contribution in [0.2, 0.25) is 5.02 Å². The zero-order valence-electron chi connectivity index (χ0n) is 13.4. The molecule has 4 rings (SSSR count). The Kier molecular flexibility index (Phi) is 4.17. The van der Waals surface area contributed by atoms with Crippen molar-refractivity contribution in [3.05, 3.63) is 58.9 Å². The fourth-order valence-corrected chi connectivity index (χ4v) is 4.27. The van der Waals surface area contributed by atoms with Crippen LogP contribution in [-0.4, -0.2) is 21.8 Å². The number of carbonyl (C=O) groups excluding carboxylic acids is 1. The van der Waals surface area contributed by atoms with Gasteiger partial charge in [-0.15, -0.1) is 0 Å². The van der Waals surface area contributed by atoms with Gasteiger partial charge in [-0.2, -0.15) is 0 Å². The Balaban J connectivity index is 1.57. The van der Waals surface area contributed by atoms with E-state index in [2.05, 4.69) is 16.4 Å². The van der Waals surface area contributed by atoms with Crippen LogP contribution in [0.5, 0.6) is 0 Å². The van der Waals surface area contributed by atoms with Crippen LogP contribution in [0.3, 0.4) is 0 Å². The van der Waals surface area contributed by atoms with Crippen LogP contribution >= 0.6 is 23.4 Å². The summed E-state index contributed by atoms with van der Waals surface area (Å²) in [4.78, 5) is 21.1. The summed E-state index contributed by atoms with van der Waals surface area (Å²) in [6, 6.07) is 11.1. The number of pyridine rings is 1. The Morgan fingerprint density at radius 2 is 2.24 bits per heavy atom. The molecule has 2 unspecified atom stereocenters. The van der Waals surface area contributed by atoms with Gasteiger partial charge in [0.05, 0.1) is 10.6 Å². The Hall–Kier alpha value is -2.05. The number of amidine groups is 1. The third-order valence-electron chi connectivity index (χ3n) is 4.68. The van der Waals surface area contributed by atoms with Crippen LogP contribution in [0, 0.1) is 5.92 Å². The SMILES string of the molecule is NC1=NC2(c3cccc(NC(=O)c4ccc(Cl)cn4)c3)CC2CCS1. The van der Waals surface area contributed by atoms with Crippen molar-refractivity contribution < 1.29 is 4.79 Å². The van der Waals surface area contributed by atoms with Gasteiger partial charge in [0, 0.05) is 17.6 Å². The first kappa shape index (κ1) is 16.4. The van der Waals surface area contributed by atoms with Crippen LogP contribution in [0.1, 0.15) is 28.9 Å². The third kappa shape index (κ3) is 3.24. The molecule has 1 amide bonds. The summed E-state index contributed by atoms with van der Waals surface area (Å²) in [5.41, 5.74) is 7.94. The van der Waals surface area contributed by atoms with Crippen LogP contribution in [0.15, 0.2) is 47.6 Å². The Bertz CT molecular complexity index is 854. The molecule has 1 fully saturated rings. The van der Waals surface area contributed by atoms with E-state index < -0.39 is 0 Å². The molecule has 2 heterocycles. The summed E-state index contributed by atoms with van der Waals surface area (Å²) in [6.45, 7) is 0. The molecule has 2 aliphatic rings. The first-order valence-corrected chi connectivity index (χ1v) is 9.45.